The molecular weight excluding hydrogens is 829 g/mol. The van der Waals surface area contributed by atoms with E-state index in [1.807, 2.05) is 12.2 Å². The van der Waals surface area contributed by atoms with Crippen LogP contribution in [-0.2, 0) is 28.6 Å². The van der Waals surface area contributed by atoms with Gasteiger partial charge in [0.2, 0.25) is 0 Å². The maximum absolute atomic E-state index is 12.8. The third-order valence-corrected chi connectivity index (χ3v) is 10.6. The predicted octanol–water partition coefficient (Wildman–Crippen LogP) is 17.9. The summed E-state index contributed by atoms with van der Waals surface area (Å²) in [5.74, 6) is -1.05. The van der Waals surface area contributed by atoms with Crippen molar-refractivity contribution < 1.29 is 28.6 Å². The van der Waals surface area contributed by atoms with Gasteiger partial charge in [-0.15, -0.1) is 0 Å². The quantitative estimate of drug-likeness (QED) is 0.0262. The zero-order valence-electron chi connectivity index (χ0n) is 42.9. The first kappa shape index (κ1) is 62.5. The van der Waals surface area contributed by atoms with Gasteiger partial charge >= 0.3 is 17.9 Å². The average molecular weight is 925 g/mol. The Morgan fingerprint density at radius 1 is 0.313 bits per heavy atom. The van der Waals surface area contributed by atoms with Crippen LogP contribution in [0.3, 0.4) is 0 Å². The van der Waals surface area contributed by atoms with Crippen LogP contribution < -0.4 is 0 Å². The molecule has 0 N–H and O–H groups in total. The molecule has 0 fully saturated rings. The van der Waals surface area contributed by atoms with Crippen molar-refractivity contribution in [3.05, 3.63) is 134 Å². The van der Waals surface area contributed by atoms with Gasteiger partial charge in [0.1, 0.15) is 13.2 Å². The summed E-state index contributed by atoms with van der Waals surface area (Å²) >= 11 is 0. The van der Waals surface area contributed by atoms with E-state index in [0.717, 1.165) is 141 Å². The molecule has 0 saturated carbocycles. The number of unbranched alkanes of at least 4 members (excludes halogenated alkanes) is 13. The van der Waals surface area contributed by atoms with Crippen molar-refractivity contribution in [1.82, 2.24) is 0 Å². The SMILES string of the molecule is CCC=CCC=CCC=CCC=CCC=CCC=CCCC(=O)OCC(COC(=O)CCCCCCCC=CCC=CCC=CCC)OC(=O)CCCCCCCC=CCC=CCCCCC. The van der Waals surface area contributed by atoms with E-state index in [4.69, 9.17) is 14.2 Å². The van der Waals surface area contributed by atoms with Crippen molar-refractivity contribution >= 4 is 17.9 Å². The molecule has 0 bridgehead atoms. The van der Waals surface area contributed by atoms with Gasteiger partial charge in [0.15, 0.2) is 6.10 Å². The fraction of sp³-hybridized carbons (Fsp3) is 0.590. The molecule has 0 spiro atoms. The highest BCUT2D eigenvalue weighted by atomic mass is 16.6. The maximum atomic E-state index is 12.8. The fourth-order valence-corrected chi connectivity index (χ4v) is 6.69. The van der Waals surface area contributed by atoms with Gasteiger partial charge in [-0.2, -0.15) is 0 Å². The second kappa shape index (κ2) is 54.2. The summed E-state index contributed by atoms with van der Waals surface area (Å²) in [7, 11) is 0. The van der Waals surface area contributed by atoms with Gasteiger partial charge in [0.05, 0.1) is 0 Å². The van der Waals surface area contributed by atoms with E-state index < -0.39 is 6.10 Å². The number of rotatable bonds is 46. The summed E-state index contributed by atoms with van der Waals surface area (Å²) in [6.07, 6.45) is 75.9. The largest absolute Gasteiger partial charge is 0.462 e. The molecule has 0 aliphatic rings. The Balaban J connectivity index is 4.58. The molecule has 6 nitrogen and oxygen atoms in total. The number of hydrogen-bond donors (Lipinski definition) is 0. The van der Waals surface area contributed by atoms with Crippen LogP contribution in [0.2, 0.25) is 0 Å². The zero-order chi connectivity index (χ0) is 48.6. The second-order valence-electron chi connectivity index (χ2n) is 17.0. The van der Waals surface area contributed by atoms with Gasteiger partial charge in [0.25, 0.3) is 0 Å². The minimum absolute atomic E-state index is 0.121. The minimum atomic E-state index is -0.828. The van der Waals surface area contributed by atoms with Gasteiger partial charge < -0.3 is 14.2 Å². The highest BCUT2D eigenvalue weighted by Gasteiger charge is 2.19. The summed E-state index contributed by atoms with van der Waals surface area (Å²) in [5, 5.41) is 0. The first-order valence-electron chi connectivity index (χ1n) is 26.7. The number of carbonyl (C=O) groups excluding carboxylic acids is 3. The average Bonchev–Trinajstić information content (AvgIpc) is 3.33. The summed E-state index contributed by atoms with van der Waals surface area (Å²) in [5.41, 5.74) is 0. The van der Waals surface area contributed by atoms with Crippen molar-refractivity contribution in [3.63, 3.8) is 0 Å². The van der Waals surface area contributed by atoms with E-state index in [2.05, 4.69) is 142 Å². The molecule has 0 aliphatic carbocycles. The van der Waals surface area contributed by atoms with Crippen molar-refractivity contribution in [2.24, 2.45) is 0 Å². The highest BCUT2D eigenvalue weighted by molar-refractivity contribution is 5.71. The van der Waals surface area contributed by atoms with E-state index in [0.29, 0.717) is 12.8 Å². The maximum Gasteiger partial charge on any atom is 0.306 e. The van der Waals surface area contributed by atoms with Crippen LogP contribution in [0.25, 0.3) is 0 Å². The van der Waals surface area contributed by atoms with Gasteiger partial charge in [-0.25, -0.2) is 0 Å². The van der Waals surface area contributed by atoms with Gasteiger partial charge in [0, 0.05) is 19.3 Å². The molecule has 0 radical (unpaired) electrons. The summed E-state index contributed by atoms with van der Waals surface area (Å²) in [4.78, 5) is 38.0. The molecule has 0 heterocycles. The standard InChI is InChI=1S/C61H96O6/c1-4-7-10-13-16-19-22-25-28-29-30-31-34-36-39-42-45-48-51-54-60(63)66-57-58(67-61(64)55-52-49-46-43-40-37-33-27-24-21-18-15-12-9-6-3)56-65-59(62)53-50-47-44-41-38-35-32-26-23-20-17-14-11-8-5-2/h7-8,10-11,16-21,25-28,30-33,36,39,45,48,58H,4-6,9,12-15,22-24,29,34-35,37-38,40-44,46-47,49-57H2,1-3H3. The normalized spacial score (nSPS) is 13.2. The van der Waals surface area contributed by atoms with Crippen LogP contribution in [0.1, 0.15) is 213 Å². The number of hydrogen-bond acceptors (Lipinski definition) is 6. The lowest BCUT2D eigenvalue weighted by Crippen LogP contribution is -2.30. The van der Waals surface area contributed by atoms with Crippen LogP contribution in [0, 0.1) is 0 Å². The lowest BCUT2D eigenvalue weighted by molar-refractivity contribution is -0.166. The van der Waals surface area contributed by atoms with Crippen molar-refractivity contribution in [3.8, 4) is 0 Å². The smallest absolute Gasteiger partial charge is 0.306 e. The van der Waals surface area contributed by atoms with E-state index in [1.54, 1.807) is 0 Å². The Bertz CT molecular complexity index is 1480. The van der Waals surface area contributed by atoms with Crippen LogP contribution in [-0.4, -0.2) is 37.2 Å². The molecule has 0 rings (SSSR count). The Kier molecular flexibility index (Phi) is 50.6. The van der Waals surface area contributed by atoms with E-state index >= 15 is 0 Å². The van der Waals surface area contributed by atoms with E-state index in [9.17, 15) is 14.4 Å². The molecule has 0 amide bonds. The predicted molar refractivity (Wildman–Crippen MR) is 288 cm³/mol. The third kappa shape index (κ3) is 52.4. The lowest BCUT2D eigenvalue weighted by atomic mass is 10.1. The van der Waals surface area contributed by atoms with Crippen molar-refractivity contribution in [2.75, 3.05) is 13.2 Å². The first-order valence-corrected chi connectivity index (χ1v) is 26.7. The van der Waals surface area contributed by atoms with Gasteiger partial charge in [-0.05, 0) is 122 Å². The number of allylic oxidation sites excluding steroid dienone is 22. The number of ether oxygens (including phenoxy) is 3. The molecule has 0 aromatic rings. The van der Waals surface area contributed by atoms with Crippen LogP contribution in [0.15, 0.2) is 134 Å². The lowest BCUT2D eigenvalue weighted by Gasteiger charge is -2.18. The molecule has 6 heteroatoms. The molecule has 0 aromatic heterocycles. The van der Waals surface area contributed by atoms with E-state index in [1.165, 1.54) is 25.7 Å². The Labute approximate surface area is 411 Å². The zero-order valence-corrected chi connectivity index (χ0v) is 42.9. The topological polar surface area (TPSA) is 78.9 Å². The number of carbonyl (C=O) groups is 3. The highest BCUT2D eigenvalue weighted by Crippen LogP contribution is 2.12. The summed E-state index contributed by atoms with van der Waals surface area (Å²) < 4.78 is 16.7. The molecule has 67 heavy (non-hydrogen) atoms. The Hall–Kier alpha value is -4.45. The number of esters is 3. The van der Waals surface area contributed by atoms with Crippen LogP contribution in [0.4, 0.5) is 0 Å². The van der Waals surface area contributed by atoms with Crippen LogP contribution >= 0.6 is 0 Å². The molecule has 0 aliphatic heterocycles. The monoisotopic (exact) mass is 925 g/mol. The van der Waals surface area contributed by atoms with Crippen molar-refractivity contribution in [2.45, 2.75) is 219 Å². The van der Waals surface area contributed by atoms with Crippen LogP contribution in [0.5, 0.6) is 0 Å². The summed E-state index contributed by atoms with van der Waals surface area (Å²) in [6, 6.07) is 0. The Morgan fingerprint density at radius 2 is 0.612 bits per heavy atom. The van der Waals surface area contributed by atoms with E-state index in [-0.39, 0.29) is 44.0 Å². The molecule has 0 aromatic carbocycles. The molecular formula is C61H96O6. The summed E-state index contributed by atoms with van der Waals surface area (Å²) in [6.45, 7) is 6.28. The second-order valence-corrected chi connectivity index (χ2v) is 17.0. The van der Waals surface area contributed by atoms with Crippen molar-refractivity contribution in [1.29, 1.82) is 0 Å². The third-order valence-electron chi connectivity index (χ3n) is 10.6. The van der Waals surface area contributed by atoms with Gasteiger partial charge in [-0.3, -0.25) is 14.4 Å². The molecule has 376 valence electrons. The minimum Gasteiger partial charge on any atom is -0.462 e. The molecule has 0 saturated heterocycles. The Morgan fingerprint density at radius 3 is 1.00 bits per heavy atom. The van der Waals surface area contributed by atoms with Gasteiger partial charge in [-0.1, -0.05) is 206 Å². The molecule has 1 unspecified atom stereocenters. The first-order chi connectivity index (χ1) is 33.0. The fourth-order valence-electron chi connectivity index (χ4n) is 6.69. The molecule has 1 atom stereocenters.